The molecule has 0 aliphatic heterocycles. The largest absolute Gasteiger partial charge is 0.423 e. The molecule has 0 radical (unpaired) electrons. The van der Waals surface area contributed by atoms with Crippen LogP contribution in [0.1, 0.15) is 39.0 Å². The summed E-state index contributed by atoms with van der Waals surface area (Å²) in [6, 6.07) is 0. The quantitative estimate of drug-likeness (QED) is 0.332. The minimum Gasteiger partial charge on any atom is -0.423 e. The van der Waals surface area contributed by atoms with Gasteiger partial charge in [0.05, 0.1) is 6.61 Å². The van der Waals surface area contributed by atoms with Crippen molar-refractivity contribution in [3.63, 3.8) is 0 Å². The molecule has 0 saturated carbocycles. The normalized spacial score (nSPS) is 12.8. The molecular weight excluding hydrogens is 276 g/mol. The maximum absolute atomic E-state index is 6.22. The molecule has 0 aromatic rings. The Bertz CT molecular complexity index is 191. The van der Waals surface area contributed by atoms with Gasteiger partial charge in [-0.1, -0.05) is 26.2 Å². The first-order chi connectivity index (χ1) is 8.45. The standard InChI is InChI=1S/C12H32O3Si3/c1-6-7-8-9-10-12(11-13-16,14-17(2)3)15-18(4)5/h17-18H,6-11H2,1-5,16H3. The highest BCUT2D eigenvalue weighted by Gasteiger charge is 2.33. The van der Waals surface area contributed by atoms with Crippen LogP contribution in [0.15, 0.2) is 0 Å². The van der Waals surface area contributed by atoms with Gasteiger partial charge in [0.15, 0.2) is 23.9 Å². The molecule has 0 atom stereocenters. The highest BCUT2D eigenvalue weighted by atomic mass is 28.3. The predicted octanol–water partition coefficient (Wildman–Crippen LogP) is 1.95. The minimum absolute atomic E-state index is 0.420. The highest BCUT2D eigenvalue weighted by Crippen LogP contribution is 2.24. The van der Waals surface area contributed by atoms with Crippen LogP contribution in [-0.2, 0) is 13.3 Å². The summed E-state index contributed by atoms with van der Waals surface area (Å²) < 4.78 is 17.9. The zero-order valence-corrected chi connectivity index (χ0v) is 17.4. The van der Waals surface area contributed by atoms with E-state index in [1.54, 1.807) is 0 Å². The SMILES string of the molecule is CCCCCCC(CO[SiH3])(O[SiH](C)C)O[SiH](C)C. The second kappa shape index (κ2) is 10.3. The lowest BCUT2D eigenvalue weighted by Gasteiger charge is -2.37. The van der Waals surface area contributed by atoms with E-state index in [0.717, 1.165) is 16.9 Å². The summed E-state index contributed by atoms with van der Waals surface area (Å²) in [5.41, 5.74) is 0. The van der Waals surface area contributed by atoms with Gasteiger partial charge in [-0.05, 0) is 32.6 Å². The van der Waals surface area contributed by atoms with Gasteiger partial charge >= 0.3 is 0 Å². The van der Waals surface area contributed by atoms with Crippen molar-refractivity contribution in [2.24, 2.45) is 0 Å². The van der Waals surface area contributed by atoms with E-state index >= 15 is 0 Å². The smallest absolute Gasteiger partial charge is 0.174 e. The van der Waals surface area contributed by atoms with Crippen LogP contribution in [0.25, 0.3) is 0 Å². The second-order valence-corrected chi connectivity index (χ2v) is 10.7. The number of hydrogen-bond acceptors (Lipinski definition) is 3. The van der Waals surface area contributed by atoms with Crippen molar-refractivity contribution in [1.82, 2.24) is 0 Å². The van der Waals surface area contributed by atoms with E-state index in [1.165, 1.54) is 25.7 Å². The molecule has 6 heteroatoms. The minimum atomic E-state index is -1.11. The summed E-state index contributed by atoms with van der Waals surface area (Å²) >= 11 is 0. The summed E-state index contributed by atoms with van der Waals surface area (Å²) in [6.07, 6.45) is 6.01. The molecular formula is C12H32O3Si3. The third-order valence-electron chi connectivity index (χ3n) is 2.68. The van der Waals surface area contributed by atoms with Crippen LogP contribution in [0.3, 0.4) is 0 Å². The van der Waals surface area contributed by atoms with Gasteiger partial charge in [-0.15, -0.1) is 0 Å². The maximum Gasteiger partial charge on any atom is 0.174 e. The average molecular weight is 309 g/mol. The number of rotatable bonds is 11. The summed E-state index contributed by atoms with van der Waals surface area (Å²) in [6.45, 7) is 11.7. The first kappa shape index (κ1) is 18.5. The van der Waals surface area contributed by atoms with Gasteiger partial charge in [0, 0.05) is 6.42 Å². The summed E-state index contributed by atoms with van der Waals surface area (Å²) in [5, 5.41) is 0. The van der Waals surface area contributed by atoms with Crippen molar-refractivity contribution in [1.29, 1.82) is 0 Å². The van der Waals surface area contributed by atoms with E-state index < -0.39 is 23.9 Å². The highest BCUT2D eigenvalue weighted by molar-refractivity contribution is 6.49. The summed E-state index contributed by atoms with van der Waals surface area (Å²) in [4.78, 5) is 0. The first-order valence-corrected chi connectivity index (χ1v) is 13.7. The van der Waals surface area contributed by atoms with Crippen molar-refractivity contribution in [2.75, 3.05) is 6.61 Å². The Morgan fingerprint density at radius 1 is 0.944 bits per heavy atom. The van der Waals surface area contributed by atoms with E-state index in [9.17, 15) is 0 Å². The van der Waals surface area contributed by atoms with Crippen molar-refractivity contribution < 1.29 is 13.3 Å². The number of unbranched alkanes of at least 4 members (excludes halogenated alkanes) is 3. The lowest BCUT2D eigenvalue weighted by atomic mass is 10.1. The zero-order valence-electron chi connectivity index (χ0n) is 13.1. The Morgan fingerprint density at radius 3 is 1.89 bits per heavy atom. The molecule has 0 aromatic heterocycles. The fraction of sp³-hybridized carbons (Fsp3) is 1.00. The zero-order chi connectivity index (χ0) is 14.0. The van der Waals surface area contributed by atoms with Gasteiger partial charge in [-0.25, -0.2) is 0 Å². The molecule has 3 nitrogen and oxygen atoms in total. The Balaban J connectivity index is 4.49. The third-order valence-corrected chi connectivity index (χ3v) is 4.77. The first-order valence-electron chi connectivity index (χ1n) is 7.30. The van der Waals surface area contributed by atoms with Gasteiger partial charge in [-0.3, -0.25) is 0 Å². The second-order valence-electron chi connectivity index (χ2n) is 5.49. The van der Waals surface area contributed by atoms with Crippen molar-refractivity contribution >= 4 is 28.6 Å². The molecule has 0 amide bonds. The molecule has 18 heavy (non-hydrogen) atoms. The molecule has 0 aromatic carbocycles. The van der Waals surface area contributed by atoms with Gasteiger partial charge in [-0.2, -0.15) is 0 Å². The van der Waals surface area contributed by atoms with Crippen molar-refractivity contribution in [3.05, 3.63) is 0 Å². The molecule has 0 aliphatic carbocycles. The molecule has 0 N–H and O–H groups in total. The molecule has 0 fully saturated rings. The fourth-order valence-corrected chi connectivity index (χ4v) is 4.94. The van der Waals surface area contributed by atoms with Gasteiger partial charge in [0.25, 0.3) is 0 Å². The fourth-order valence-electron chi connectivity index (χ4n) is 2.19. The molecule has 0 heterocycles. The molecule has 0 aliphatic rings. The lowest BCUT2D eigenvalue weighted by Crippen LogP contribution is -2.46. The van der Waals surface area contributed by atoms with Gasteiger partial charge in [0.2, 0.25) is 0 Å². The van der Waals surface area contributed by atoms with Gasteiger partial charge in [0.1, 0.15) is 10.5 Å². The van der Waals surface area contributed by atoms with Crippen LogP contribution in [0.5, 0.6) is 0 Å². The van der Waals surface area contributed by atoms with Crippen molar-refractivity contribution in [3.8, 4) is 0 Å². The Hall–Kier alpha value is 0.531. The van der Waals surface area contributed by atoms with E-state index in [4.69, 9.17) is 13.3 Å². The van der Waals surface area contributed by atoms with Crippen LogP contribution in [0.4, 0.5) is 0 Å². The molecule has 0 rings (SSSR count). The Morgan fingerprint density at radius 2 is 1.50 bits per heavy atom. The van der Waals surface area contributed by atoms with Crippen LogP contribution in [-0.4, -0.2) is 41.0 Å². The van der Waals surface area contributed by atoms with E-state index in [1.807, 2.05) is 0 Å². The van der Waals surface area contributed by atoms with Crippen molar-refractivity contribution in [2.45, 2.75) is 71.0 Å². The third kappa shape index (κ3) is 8.60. The monoisotopic (exact) mass is 308 g/mol. The lowest BCUT2D eigenvalue weighted by molar-refractivity contribution is -0.149. The van der Waals surface area contributed by atoms with E-state index in [0.29, 0.717) is 6.61 Å². The van der Waals surface area contributed by atoms with Crippen LogP contribution in [0, 0.1) is 0 Å². The van der Waals surface area contributed by atoms with E-state index in [2.05, 4.69) is 33.1 Å². The molecule has 0 unspecified atom stereocenters. The van der Waals surface area contributed by atoms with E-state index in [-0.39, 0.29) is 0 Å². The molecule has 0 spiro atoms. The van der Waals surface area contributed by atoms with Crippen LogP contribution >= 0.6 is 0 Å². The van der Waals surface area contributed by atoms with Crippen LogP contribution in [0.2, 0.25) is 26.2 Å². The Kier molecular flexibility index (Phi) is 10.6. The molecule has 0 saturated heterocycles. The molecule has 110 valence electrons. The Labute approximate surface area is 120 Å². The predicted molar refractivity (Wildman–Crippen MR) is 87.3 cm³/mol. The summed E-state index contributed by atoms with van der Waals surface area (Å²) in [7, 11) is -1.47. The summed E-state index contributed by atoms with van der Waals surface area (Å²) in [5.74, 6) is -0.420. The topological polar surface area (TPSA) is 27.7 Å². The van der Waals surface area contributed by atoms with Crippen LogP contribution < -0.4 is 0 Å². The average Bonchev–Trinajstić information content (AvgIpc) is 2.23. The molecule has 0 bridgehead atoms. The maximum atomic E-state index is 6.22. The number of hydrogen-bond donors (Lipinski definition) is 0. The van der Waals surface area contributed by atoms with Gasteiger partial charge < -0.3 is 13.3 Å².